The van der Waals surface area contributed by atoms with Gasteiger partial charge in [-0.05, 0) is 58.0 Å². The van der Waals surface area contributed by atoms with Crippen LogP contribution in [0, 0.1) is 12.7 Å². The van der Waals surface area contributed by atoms with E-state index in [2.05, 4.69) is 10.3 Å². The number of pyridine rings is 1. The number of anilines is 1. The lowest BCUT2D eigenvalue weighted by Gasteiger charge is -2.26. The summed E-state index contributed by atoms with van der Waals surface area (Å²) >= 11 is 0. The molecule has 1 aliphatic heterocycles. The Kier molecular flexibility index (Phi) is 7.55. The maximum Gasteiger partial charge on any atom is 0.259 e. The van der Waals surface area contributed by atoms with Gasteiger partial charge in [0.05, 0.1) is 28.8 Å². The van der Waals surface area contributed by atoms with Crippen molar-refractivity contribution < 1.29 is 14.0 Å². The highest BCUT2D eigenvalue weighted by Crippen LogP contribution is 2.32. The van der Waals surface area contributed by atoms with Crippen LogP contribution in [0.5, 0.6) is 0 Å². The molecule has 184 valence electrons. The molecule has 1 N–H and O–H groups in total. The maximum atomic E-state index is 13.6. The van der Waals surface area contributed by atoms with Crippen LogP contribution in [-0.4, -0.2) is 69.9 Å². The van der Waals surface area contributed by atoms with E-state index >= 15 is 0 Å². The molecule has 8 nitrogen and oxygen atoms in total. The minimum absolute atomic E-state index is 0.0173. The summed E-state index contributed by atoms with van der Waals surface area (Å²) in [6.07, 6.45) is 8.59. The van der Waals surface area contributed by atoms with Crippen LogP contribution in [0.1, 0.15) is 41.2 Å². The second-order valence-electron chi connectivity index (χ2n) is 9.19. The van der Waals surface area contributed by atoms with Crippen molar-refractivity contribution in [2.24, 2.45) is 0 Å². The molecule has 0 spiro atoms. The number of para-hydroxylation sites is 1. The first-order chi connectivity index (χ1) is 16.8. The van der Waals surface area contributed by atoms with Gasteiger partial charge in [-0.25, -0.2) is 9.37 Å². The SMILES string of the molecule is Cc1cccc2nc(NC(=O)c3cncc(F)c3)n(C3CCCCN(C(=O)C=CCN(C)C)C3)c12. The topological polar surface area (TPSA) is 83.4 Å². The van der Waals surface area contributed by atoms with E-state index in [1.165, 1.54) is 6.20 Å². The summed E-state index contributed by atoms with van der Waals surface area (Å²) in [6.45, 7) is 3.89. The van der Waals surface area contributed by atoms with Gasteiger partial charge in [0.25, 0.3) is 5.91 Å². The predicted octanol–water partition coefficient (Wildman–Crippen LogP) is 3.80. The minimum Gasteiger partial charge on any atom is -0.337 e. The number of likely N-dealkylation sites (tertiary alicyclic amines) is 1. The highest BCUT2D eigenvalue weighted by Gasteiger charge is 2.27. The summed E-state index contributed by atoms with van der Waals surface area (Å²) in [4.78, 5) is 38.2. The molecule has 1 saturated heterocycles. The van der Waals surface area contributed by atoms with Crippen LogP contribution in [0.3, 0.4) is 0 Å². The number of hydrogen-bond acceptors (Lipinski definition) is 5. The number of benzene rings is 1. The molecule has 1 unspecified atom stereocenters. The Morgan fingerprint density at radius 2 is 2.09 bits per heavy atom. The van der Waals surface area contributed by atoms with Gasteiger partial charge >= 0.3 is 0 Å². The van der Waals surface area contributed by atoms with E-state index in [1.807, 2.05) is 59.7 Å². The average molecular weight is 479 g/mol. The lowest BCUT2D eigenvalue weighted by atomic mass is 10.1. The molecule has 0 saturated carbocycles. The van der Waals surface area contributed by atoms with Gasteiger partial charge in [-0.3, -0.25) is 19.9 Å². The van der Waals surface area contributed by atoms with Crippen molar-refractivity contribution in [3.8, 4) is 0 Å². The number of aromatic nitrogens is 3. The van der Waals surface area contributed by atoms with Gasteiger partial charge in [0.1, 0.15) is 5.82 Å². The number of rotatable bonds is 6. The lowest BCUT2D eigenvalue weighted by molar-refractivity contribution is -0.126. The van der Waals surface area contributed by atoms with Gasteiger partial charge < -0.3 is 14.4 Å². The summed E-state index contributed by atoms with van der Waals surface area (Å²) in [5, 5.41) is 2.86. The fourth-order valence-corrected chi connectivity index (χ4v) is 4.47. The number of imidazole rings is 1. The number of carbonyl (C=O) groups excluding carboxylic acids is 2. The molecule has 2 amide bonds. The maximum absolute atomic E-state index is 13.6. The summed E-state index contributed by atoms with van der Waals surface area (Å²) in [7, 11) is 3.91. The Balaban J connectivity index is 1.68. The van der Waals surface area contributed by atoms with Crippen LogP contribution < -0.4 is 5.32 Å². The Hall–Kier alpha value is -3.59. The first kappa shape index (κ1) is 24.5. The molecular formula is C26H31FN6O2. The van der Waals surface area contributed by atoms with Crippen molar-refractivity contribution >= 4 is 28.8 Å². The Morgan fingerprint density at radius 3 is 2.86 bits per heavy atom. The highest BCUT2D eigenvalue weighted by atomic mass is 19.1. The summed E-state index contributed by atoms with van der Waals surface area (Å²) in [5.74, 6) is -0.705. The van der Waals surface area contributed by atoms with Crippen LogP contribution in [0.2, 0.25) is 0 Å². The van der Waals surface area contributed by atoms with Crippen LogP contribution in [0.4, 0.5) is 10.3 Å². The first-order valence-electron chi connectivity index (χ1n) is 11.8. The van der Waals surface area contributed by atoms with E-state index in [0.29, 0.717) is 25.6 Å². The molecule has 1 atom stereocenters. The van der Waals surface area contributed by atoms with Gasteiger partial charge in [0.2, 0.25) is 11.9 Å². The van der Waals surface area contributed by atoms with E-state index in [9.17, 15) is 14.0 Å². The van der Waals surface area contributed by atoms with Gasteiger partial charge in [-0.2, -0.15) is 0 Å². The normalized spacial score (nSPS) is 16.7. The summed E-state index contributed by atoms with van der Waals surface area (Å²) in [6, 6.07) is 6.91. The van der Waals surface area contributed by atoms with Crippen molar-refractivity contribution in [2.45, 2.75) is 32.2 Å². The van der Waals surface area contributed by atoms with E-state index in [0.717, 1.165) is 48.1 Å². The number of carbonyl (C=O) groups is 2. The van der Waals surface area contributed by atoms with Crippen LogP contribution in [0.15, 0.2) is 48.8 Å². The number of aryl methyl sites for hydroxylation is 1. The van der Waals surface area contributed by atoms with Gasteiger partial charge in [-0.15, -0.1) is 0 Å². The predicted molar refractivity (Wildman–Crippen MR) is 134 cm³/mol. The van der Waals surface area contributed by atoms with Crippen molar-refractivity contribution in [1.29, 1.82) is 0 Å². The Bertz CT molecular complexity index is 1250. The van der Waals surface area contributed by atoms with Crippen LogP contribution in [0.25, 0.3) is 11.0 Å². The smallest absolute Gasteiger partial charge is 0.259 e. The van der Waals surface area contributed by atoms with Gasteiger partial charge in [0.15, 0.2) is 0 Å². The van der Waals surface area contributed by atoms with Crippen molar-refractivity contribution in [2.75, 3.05) is 39.0 Å². The number of halogens is 1. The van der Waals surface area contributed by atoms with E-state index in [4.69, 9.17) is 4.98 Å². The fourth-order valence-electron chi connectivity index (χ4n) is 4.47. The van der Waals surface area contributed by atoms with Crippen LogP contribution >= 0.6 is 0 Å². The molecule has 0 radical (unpaired) electrons. The van der Waals surface area contributed by atoms with Crippen LogP contribution in [-0.2, 0) is 4.79 Å². The molecule has 1 aromatic carbocycles. The fraction of sp³-hybridized carbons (Fsp3) is 0.385. The molecule has 35 heavy (non-hydrogen) atoms. The number of fused-ring (bicyclic) bond motifs is 1. The quantitative estimate of drug-likeness (QED) is 0.545. The molecule has 3 aromatic rings. The third-order valence-corrected chi connectivity index (χ3v) is 6.16. The molecule has 4 rings (SSSR count). The van der Waals surface area contributed by atoms with E-state index in [-0.39, 0.29) is 17.5 Å². The molecule has 2 aromatic heterocycles. The molecule has 9 heteroatoms. The second kappa shape index (κ2) is 10.8. The average Bonchev–Trinajstić information content (AvgIpc) is 3.01. The standard InChI is InChI=1S/C26H31FN6O2/c1-18-8-6-10-22-24(18)33(26(29-22)30-25(35)19-14-20(27)16-28-15-19)21-9-4-5-13-32(17-21)23(34)11-7-12-31(2)3/h6-8,10-11,14-16,21H,4-5,9,12-13,17H2,1-3H3,(H,29,30,35). The zero-order chi connectivity index (χ0) is 24.9. The largest absolute Gasteiger partial charge is 0.337 e. The molecule has 0 bridgehead atoms. The second-order valence-corrected chi connectivity index (χ2v) is 9.19. The molecule has 1 fully saturated rings. The summed E-state index contributed by atoms with van der Waals surface area (Å²) < 4.78 is 15.7. The number of likely N-dealkylation sites (N-methyl/N-ethyl adjacent to an activating group) is 1. The molecular weight excluding hydrogens is 447 g/mol. The van der Waals surface area contributed by atoms with E-state index < -0.39 is 11.7 Å². The summed E-state index contributed by atoms with van der Waals surface area (Å²) in [5.41, 5.74) is 2.81. The van der Waals surface area contributed by atoms with Crippen molar-refractivity contribution in [3.05, 3.63) is 65.8 Å². The van der Waals surface area contributed by atoms with Gasteiger partial charge in [0, 0.05) is 31.9 Å². The zero-order valence-electron chi connectivity index (χ0n) is 20.4. The third-order valence-electron chi connectivity index (χ3n) is 6.16. The number of hydrogen-bond donors (Lipinski definition) is 1. The number of amides is 2. The number of nitrogens with zero attached hydrogens (tertiary/aromatic N) is 5. The monoisotopic (exact) mass is 478 g/mol. The van der Waals surface area contributed by atoms with Crippen molar-refractivity contribution in [3.63, 3.8) is 0 Å². The third kappa shape index (κ3) is 5.74. The van der Waals surface area contributed by atoms with Gasteiger partial charge in [-0.1, -0.05) is 18.2 Å². The molecule has 3 heterocycles. The molecule has 1 aliphatic rings. The first-order valence-corrected chi connectivity index (χ1v) is 11.8. The highest BCUT2D eigenvalue weighted by molar-refractivity contribution is 6.04. The minimum atomic E-state index is -0.581. The van der Waals surface area contributed by atoms with Crippen molar-refractivity contribution in [1.82, 2.24) is 24.3 Å². The Morgan fingerprint density at radius 1 is 1.26 bits per heavy atom. The lowest BCUT2D eigenvalue weighted by Crippen LogP contribution is -2.35. The zero-order valence-corrected chi connectivity index (χ0v) is 20.4. The van der Waals surface area contributed by atoms with E-state index in [1.54, 1.807) is 6.08 Å². The molecule has 0 aliphatic carbocycles. The number of nitrogens with one attached hydrogen (secondary N) is 1. The Labute approximate surface area is 204 Å².